The number of fused-ring (bicyclic) bond motifs is 4. The van der Waals surface area contributed by atoms with E-state index in [9.17, 15) is 14.4 Å². The molecular formula is C32H28Cl2FN3O5. The molecule has 2 fully saturated rings. The number of rotatable bonds is 4. The van der Waals surface area contributed by atoms with Crippen molar-refractivity contribution in [2.75, 3.05) is 23.8 Å². The van der Waals surface area contributed by atoms with Crippen LogP contribution in [0.25, 0.3) is 0 Å². The number of hydrogen-bond acceptors (Lipinski definition) is 6. The molecule has 3 aromatic carbocycles. The van der Waals surface area contributed by atoms with Crippen LogP contribution in [0.3, 0.4) is 0 Å². The summed E-state index contributed by atoms with van der Waals surface area (Å²) in [6, 6.07) is 12.0. The first kappa shape index (κ1) is 28.1. The van der Waals surface area contributed by atoms with Crippen molar-refractivity contribution in [2.45, 2.75) is 55.0 Å². The van der Waals surface area contributed by atoms with Gasteiger partial charge in [-0.25, -0.2) is 4.39 Å². The summed E-state index contributed by atoms with van der Waals surface area (Å²) < 4.78 is 27.6. The number of aldehydes is 1. The van der Waals surface area contributed by atoms with Gasteiger partial charge in [0.2, 0.25) is 11.8 Å². The lowest BCUT2D eigenvalue weighted by atomic mass is 9.55. The van der Waals surface area contributed by atoms with Crippen molar-refractivity contribution in [2.24, 2.45) is 0 Å². The van der Waals surface area contributed by atoms with Gasteiger partial charge in [0, 0.05) is 22.2 Å². The second-order valence-electron chi connectivity index (χ2n) is 11.5. The van der Waals surface area contributed by atoms with Crippen LogP contribution >= 0.6 is 23.2 Å². The summed E-state index contributed by atoms with van der Waals surface area (Å²) in [4.78, 5) is 40.5. The van der Waals surface area contributed by atoms with Gasteiger partial charge in [0.05, 0.1) is 22.3 Å². The van der Waals surface area contributed by atoms with Crippen molar-refractivity contribution >= 4 is 52.7 Å². The van der Waals surface area contributed by atoms with Crippen LogP contribution in [-0.2, 0) is 15.0 Å². The summed E-state index contributed by atoms with van der Waals surface area (Å²) in [6.45, 7) is 0.497. The van der Waals surface area contributed by atoms with E-state index in [4.69, 9.17) is 32.7 Å². The fourth-order valence-corrected chi connectivity index (χ4v) is 8.13. The number of carbonyl (C=O) groups is 3. The van der Waals surface area contributed by atoms with Crippen molar-refractivity contribution in [3.05, 3.63) is 81.1 Å². The summed E-state index contributed by atoms with van der Waals surface area (Å²) in [5.74, 6) is -1.97. The van der Waals surface area contributed by atoms with E-state index in [-0.39, 0.29) is 41.2 Å². The molecule has 3 heterocycles. The topological polar surface area (TPSA) is 106 Å². The van der Waals surface area contributed by atoms with Gasteiger partial charge in [-0.2, -0.15) is 0 Å². The second kappa shape index (κ2) is 10.5. The number of amides is 2. The summed E-state index contributed by atoms with van der Waals surface area (Å²) in [7, 11) is 0. The fraction of sp³-hybridized carbons (Fsp3) is 0.344. The highest BCUT2D eigenvalue weighted by Crippen LogP contribution is 2.63. The minimum absolute atomic E-state index is 0.102. The predicted molar refractivity (Wildman–Crippen MR) is 160 cm³/mol. The molecule has 3 atom stereocenters. The summed E-state index contributed by atoms with van der Waals surface area (Å²) in [5, 5.41) is 9.91. The van der Waals surface area contributed by atoms with Crippen molar-refractivity contribution in [3.63, 3.8) is 0 Å². The van der Waals surface area contributed by atoms with Crippen LogP contribution in [0.1, 0.15) is 59.5 Å². The van der Waals surface area contributed by atoms with Crippen LogP contribution in [-0.4, -0.2) is 42.9 Å². The fourth-order valence-electron chi connectivity index (χ4n) is 7.78. The lowest BCUT2D eigenvalue weighted by Crippen LogP contribution is -2.60. The Morgan fingerprint density at radius 3 is 2.56 bits per heavy atom. The van der Waals surface area contributed by atoms with Gasteiger partial charge < -0.3 is 20.1 Å². The number of nitrogens with one attached hydrogen (secondary N) is 3. The van der Waals surface area contributed by atoms with E-state index in [1.165, 1.54) is 6.07 Å². The summed E-state index contributed by atoms with van der Waals surface area (Å²) in [6.07, 6.45) is 4.51. The zero-order valence-electron chi connectivity index (χ0n) is 23.0. The Kier molecular flexibility index (Phi) is 6.87. The van der Waals surface area contributed by atoms with Gasteiger partial charge in [0.15, 0.2) is 17.8 Å². The Balaban J connectivity index is 1.42. The number of hydrogen-bond donors (Lipinski definition) is 3. The van der Waals surface area contributed by atoms with E-state index in [1.54, 1.807) is 36.4 Å². The second-order valence-corrected chi connectivity index (χ2v) is 12.3. The third-order valence-corrected chi connectivity index (χ3v) is 9.94. The van der Waals surface area contributed by atoms with Crippen molar-refractivity contribution in [1.29, 1.82) is 0 Å². The third kappa shape index (κ3) is 4.08. The largest absolute Gasteiger partial charge is 0.485 e. The van der Waals surface area contributed by atoms with Gasteiger partial charge in [-0.05, 0) is 54.3 Å². The van der Waals surface area contributed by atoms with Crippen molar-refractivity contribution in [1.82, 2.24) is 5.32 Å². The molecule has 2 spiro atoms. The molecule has 1 saturated heterocycles. The maximum Gasteiger partial charge on any atom is 0.242 e. The number of benzene rings is 3. The molecule has 8 nitrogen and oxygen atoms in total. The van der Waals surface area contributed by atoms with E-state index < -0.39 is 34.6 Å². The highest BCUT2D eigenvalue weighted by atomic mass is 35.5. The molecular weight excluding hydrogens is 596 g/mol. The zero-order valence-corrected chi connectivity index (χ0v) is 24.5. The number of anilines is 2. The summed E-state index contributed by atoms with van der Waals surface area (Å²) in [5.41, 5.74) is -0.235. The smallest absolute Gasteiger partial charge is 0.242 e. The molecule has 0 radical (unpaired) electrons. The molecule has 2 amide bonds. The molecule has 0 aromatic heterocycles. The Morgan fingerprint density at radius 1 is 1.02 bits per heavy atom. The molecule has 4 aliphatic rings. The van der Waals surface area contributed by atoms with Crippen LogP contribution in [0, 0.1) is 5.82 Å². The van der Waals surface area contributed by atoms with Crippen LogP contribution < -0.4 is 25.4 Å². The van der Waals surface area contributed by atoms with E-state index >= 15 is 4.39 Å². The first-order chi connectivity index (χ1) is 20.8. The first-order valence-electron chi connectivity index (χ1n) is 14.3. The minimum Gasteiger partial charge on any atom is -0.485 e. The van der Waals surface area contributed by atoms with Gasteiger partial charge in [0.25, 0.3) is 0 Å². The van der Waals surface area contributed by atoms with E-state index in [2.05, 4.69) is 16.0 Å². The molecule has 0 bridgehead atoms. The molecule has 3 N–H and O–H groups in total. The monoisotopic (exact) mass is 623 g/mol. The van der Waals surface area contributed by atoms with E-state index in [0.717, 1.165) is 19.3 Å². The van der Waals surface area contributed by atoms with Crippen molar-refractivity contribution < 1.29 is 28.2 Å². The molecule has 222 valence electrons. The zero-order chi connectivity index (χ0) is 29.9. The molecule has 7 rings (SSSR count). The molecule has 1 saturated carbocycles. The van der Waals surface area contributed by atoms with Crippen LogP contribution in [0.5, 0.6) is 11.5 Å². The first-order valence-corrected chi connectivity index (χ1v) is 15.1. The number of halogens is 3. The van der Waals surface area contributed by atoms with E-state index in [0.29, 0.717) is 46.7 Å². The van der Waals surface area contributed by atoms with E-state index in [1.807, 2.05) is 6.07 Å². The molecule has 0 unspecified atom stereocenters. The lowest BCUT2D eigenvalue weighted by molar-refractivity contribution is -0.124. The molecule has 43 heavy (non-hydrogen) atoms. The molecule has 3 aromatic rings. The predicted octanol–water partition coefficient (Wildman–Crippen LogP) is 6.00. The Labute approximate surface area is 257 Å². The number of carbonyl (C=O) groups excluding carboxylic acids is 3. The quantitative estimate of drug-likeness (QED) is 0.308. The normalized spacial score (nSPS) is 25.0. The molecule has 3 aliphatic heterocycles. The molecule has 11 heteroatoms. The summed E-state index contributed by atoms with van der Waals surface area (Å²) >= 11 is 12.7. The van der Waals surface area contributed by atoms with Gasteiger partial charge >= 0.3 is 0 Å². The van der Waals surface area contributed by atoms with Gasteiger partial charge in [-0.15, -0.1) is 0 Å². The average molecular weight is 624 g/mol. The third-order valence-electron chi connectivity index (χ3n) is 9.41. The maximum atomic E-state index is 16.1. The van der Waals surface area contributed by atoms with Crippen LogP contribution in [0.2, 0.25) is 10.0 Å². The highest BCUT2D eigenvalue weighted by Gasteiger charge is 2.72. The lowest BCUT2D eigenvalue weighted by Gasteiger charge is -2.47. The average Bonchev–Trinajstić information content (AvgIpc) is 3.46. The number of ether oxygens (including phenoxy) is 2. The standard InChI is InChI=1S/C32H28Cl2FN3O5/c33-18-8-9-20-23(15-18)37-30(41)32(20)24(19-5-4-6-21(34)25(19)35)26(38-31(32)11-2-1-3-12-31)29(40)36-22-10-7-17(16-39)27-28(22)43-14-13-42-27/h4-10,15-16,24,26,38H,1-3,11-14H2,(H,36,40)(H,37,41)/t24-,26+,32+/m0/s1. The van der Waals surface area contributed by atoms with Crippen LogP contribution in [0.4, 0.5) is 15.8 Å². The van der Waals surface area contributed by atoms with Crippen LogP contribution in [0.15, 0.2) is 48.5 Å². The highest BCUT2D eigenvalue weighted by molar-refractivity contribution is 6.31. The Hall–Kier alpha value is -3.66. The van der Waals surface area contributed by atoms with Gasteiger partial charge in [0.1, 0.15) is 24.4 Å². The van der Waals surface area contributed by atoms with Gasteiger partial charge in [-0.3, -0.25) is 19.7 Å². The molecule has 1 aliphatic carbocycles. The van der Waals surface area contributed by atoms with Crippen molar-refractivity contribution in [3.8, 4) is 11.5 Å². The van der Waals surface area contributed by atoms with Gasteiger partial charge in [-0.1, -0.05) is 60.7 Å². The Bertz CT molecular complexity index is 1680. The SMILES string of the molecule is O=Cc1ccc(NC(=O)[C@@H]2NC3(CCCCC3)[C@@]3(C(=O)Nc4cc(Cl)ccc43)[C@H]2c2cccc(Cl)c2F)c2c1OCCO2. The minimum atomic E-state index is -1.35. The maximum absolute atomic E-state index is 16.1. The Morgan fingerprint density at radius 2 is 1.79 bits per heavy atom.